The molecule has 5 atom stereocenters. The Hall–Kier alpha value is -1.92. The quantitative estimate of drug-likeness (QED) is 0.791. The van der Waals surface area contributed by atoms with Crippen LogP contribution >= 0.6 is 11.6 Å². The molecule has 142 valence electrons. The van der Waals surface area contributed by atoms with Crippen molar-refractivity contribution in [2.24, 2.45) is 11.8 Å². The monoisotopic (exact) mass is 387 g/mol. The Kier molecular flexibility index (Phi) is 3.53. The van der Waals surface area contributed by atoms with Gasteiger partial charge in [0.15, 0.2) is 0 Å². The standard InChI is InChI=1S/C20H22ClN3O3/c1-3-10(2)24-17(25)14-13-8-5-9-23(13)20(15(14)18(24)26)11-6-4-7-12(21)16(11)22-19(20)27/h4,6-7,10,13-15H,3,5,8-9H2,1-2H3,(H,22,27)/t10-,13-,14+,15-,20+/m0/s1. The van der Waals surface area contributed by atoms with E-state index in [1.54, 1.807) is 6.07 Å². The first kappa shape index (κ1) is 17.2. The van der Waals surface area contributed by atoms with Crippen LogP contribution in [0.1, 0.15) is 38.7 Å². The number of rotatable bonds is 2. The minimum absolute atomic E-state index is 0.0730. The summed E-state index contributed by atoms with van der Waals surface area (Å²) in [5, 5.41) is 3.39. The minimum atomic E-state index is -1.12. The average Bonchev–Trinajstić information content (AvgIpc) is 3.34. The van der Waals surface area contributed by atoms with Gasteiger partial charge in [0.1, 0.15) is 5.54 Å². The second kappa shape index (κ2) is 5.55. The zero-order valence-corrected chi connectivity index (χ0v) is 16.1. The number of benzene rings is 1. The number of anilines is 1. The molecule has 1 spiro atoms. The molecule has 4 aliphatic rings. The maximum absolute atomic E-state index is 13.5. The van der Waals surface area contributed by atoms with Crippen molar-refractivity contribution in [2.75, 3.05) is 11.9 Å². The Morgan fingerprint density at radius 1 is 1.30 bits per heavy atom. The van der Waals surface area contributed by atoms with Gasteiger partial charge in [-0.1, -0.05) is 30.7 Å². The third-order valence-electron chi connectivity index (χ3n) is 7.04. The summed E-state index contributed by atoms with van der Waals surface area (Å²) < 4.78 is 0. The molecule has 6 nitrogen and oxygen atoms in total. The molecule has 3 fully saturated rings. The number of para-hydroxylation sites is 1. The zero-order chi connectivity index (χ0) is 19.1. The Morgan fingerprint density at radius 2 is 2.07 bits per heavy atom. The maximum Gasteiger partial charge on any atom is 0.250 e. The van der Waals surface area contributed by atoms with Crippen LogP contribution < -0.4 is 5.32 Å². The highest BCUT2D eigenvalue weighted by Crippen LogP contribution is 2.61. The van der Waals surface area contributed by atoms with Gasteiger partial charge in [0, 0.05) is 17.6 Å². The summed E-state index contributed by atoms with van der Waals surface area (Å²) in [6.45, 7) is 4.57. The fourth-order valence-corrected chi connectivity index (χ4v) is 6.06. The number of imide groups is 1. The lowest BCUT2D eigenvalue weighted by Crippen LogP contribution is -2.54. The Bertz CT molecular complexity index is 887. The number of fused-ring (bicyclic) bond motifs is 7. The molecule has 1 aromatic rings. The van der Waals surface area contributed by atoms with Crippen LogP contribution in [0.3, 0.4) is 0 Å². The van der Waals surface area contributed by atoms with E-state index in [0.29, 0.717) is 23.7 Å². The van der Waals surface area contributed by atoms with Crippen LogP contribution in [0.5, 0.6) is 0 Å². The molecule has 0 unspecified atom stereocenters. The SMILES string of the molecule is CC[C@H](C)N1C(=O)[C@H]2[C@@H](C1=O)[C@]1(C(=O)Nc3c(Cl)cccc31)N1CCC[C@@H]21. The molecule has 5 rings (SSSR count). The first-order chi connectivity index (χ1) is 12.9. The molecule has 0 aliphatic carbocycles. The zero-order valence-electron chi connectivity index (χ0n) is 15.4. The molecular formula is C20H22ClN3O3. The molecule has 1 N–H and O–H groups in total. The average molecular weight is 388 g/mol. The smallest absolute Gasteiger partial charge is 0.250 e. The number of carbonyl (C=O) groups is 3. The number of carbonyl (C=O) groups excluding carboxylic acids is 3. The number of halogens is 1. The molecule has 4 heterocycles. The van der Waals surface area contributed by atoms with E-state index in [9.17, 15) is 14.4 Å². The Balaban J connectivity index is 1.74. The highest BCUT2D eigenvalue weighted by molar-refractivity contribution is 6.35. The number of amides is 3. The van der Waals surface area contributed by atoms with Gasteiger partial charge in [0.05, 0.1) is 22.5 Å². The first-order valence-corrected chi connectivity index (χ1v) is 10.1. The van der Waals surface area contributed by atoms with Crippen LogP contribution in [0.4, 0.5) is 5.69 Å². The number of likely N-dealkylation sites (tertiary alicyclic amines) is 1. The lowest BCUT2D eigenvalue weighted by Gasteiger charge is -2.37. The van der Waals surface area contributed by atoms with Gasteiger partial charge in [-0.2, -0.15) is 0 Å². The largest absolute Gasteiger partial charge is 0.323 e. The fourth-order valence-electron chi connectivity index (χ4n) is 5.83. The summed E-state index contributed by atoms with van der Waals surface area (Å²) in [7, 11) is 0. The van der Waals surface area contributed by atoms with E-state index >= 15 is 0 Å². The van der Waals surface area contributed by atoms with Gasteiger partial charge >= 0.3 is 0 Å². The summed E-state index contributed by atoms with van der Waals surface area (Å²) in [4.78, 5) is 43.7. The van der Waals surface area contributed by atoms with Crippen LogP contribution in [0, 0.1) is 11.8 Å². The predicted octanol–water partition coefficient (Wildman–Crippen LogP) is 2.37. The van der Waals surface area contributed by atoms with Crippen molar-refractivity contribution in [2.45, 2.75) is 50.7 Å². The number of hydrogen-bond acceptors (Lipinski definition) is 4. The van der Waals surface area contributed by atoms with Crippen molar-refractivity contribution in [1.29, 1.82) is 0 Å². The van der Waals surface area contributed by atoms with Crippen LogP contribution in [-0.2, 0) is 19.9 Å². The Morgan fingerprint density at radius 3 is 2.81 bits per heavy atom. The van der Waals surface area contributed by atoms with E-state index in [1.165, 1.54) is 4.90 Å². The molecule has 1 aromatic carbocycles. The van der Waals surface area contributed by atoms with Crippen molar-refractivity contribution < 1.29 is 14.4 Å². The second-order valence-corrected chi connectivity index (χ2v) is 8.50. The summed E-state index contributed by atoms with van der Waals surface area (Å²) in [6, 6.07) is 5.19. The van der Waals surface area contributed by atoms with Crippen molar-refractivity contribution in [3.05, 3.63) is 28.8 Å². The third kappa shape index (κ3) is 1.83. The van der Waals surface area contributed by atoms with Crippen LogP contribution in [0.15, 0.2) is 18.2 Å². The third-order valence-corrected chi connectivity index (χ3v) is 7.36. The van der Waals surface area contributed by atoms with E-state index in [0.717, 1.165) is 18.4 Å². The summed E-state index contributed by atoms with van der Waals surface area (Å²) >= 11 is 6.35. The molecule has 0 aromatic heterocycles. The summed E-state index contributed by atoms with van der Waals surface area (Å²) in [5.41, 5.74) is 0.199. The molecule has 0 saturated carbocycles. The van der Waals surface area contributed by atoms with E-state index in [1.807, 2.05) is 26.0 Å². The number of hydrogen-bond donors (Lipinski definition) is 1. The second-order valence-electron chi connectivity index (χ2n) is 8.09. The maximum atomic E-state index is 13.5. The van der Waals surface area contributed by atoms with Gasteiger partial charge in [-0.3, -0.25) is 24.2 Å². The molecule has 3 saturated heterocycles. The number of nitrogens with one attached hydrogen (secondary N) is 1. The molecule has 0 radical (unpaired) electrons. The van der Waals surface area contributed by atoms with E-state index in [-0.39, 0.29) is 29.8 Å². The van der Waals surface area contributed by atoms with Gasteiger partial charge in [-0.05, 0) is 38.8 Å². The van der Waals surface area contributed by atoms with Crippen molar-refractivity contribution in [1.82, 2.24) is 9.80 Å². The van der Waals surface area contributed by atoms with Gasteiger partial charge in [-0.25, -0.2) is 0 Å². The lowest BCUT2D eigenvalue weighted by atomic mass is 9.75. The van der Waals surface area contributed by atoms with Crippen LogP contribution in [0.25, 0.3) is 0 Å². The van der Waals surface area contributed by atoms with Crippen LogP contribution in [0.2, 0.25) is 5.02 Å². The van der Waals surface area contributed by atoms with Crippen molar-refractivity contribution in [3.63, 3.8) is 0 Å². The molecule has 4 aliphatic heterocycles. The van der Waals surface area contributed by atoms with Gasteiger partial charge in [-0.15, -0.1) is 0 Å². The predicted molar refractivity (Wildman–Crippen MR) is 100 cm³/mol. The van der Waals surface area contributed by atoms with Gasteiger partial charge < -0.3 is 5.32 Å². The molecule has 3 amide bonds. The molecule has 7 heteroatoms. The highest BCUT2D eigenvalue weighted by Gasteiger charge is 2.74. The lowest BCUT2D eigenvalue weighted by molar-refractivity contribution is -0.147. The summed E-state index contributed by atoms with van der Waals surface area (Å²) in [5.74, 6) is -1.68. The van der Waals surface area contributed by atoms with Crippen molar-refractivity contribution in [3.8, 4) is 0 Å². The van der Waals surface area contributed by atoms with Crippen molar-refractivity contribution >= 4 is 35.0 Å². The molecular weight excluding hydrogens is 366 g/mol. The molecule has 27 heavy (non-hydrogen) atoms. The number of nitrogens with zero attached hydrogens (tertiary/aromatic N) is 2. The summed E-state index contributed by atoms with van der Waals surface area (Å²) in [6.07, 6.45) is 2.45. The molecule has 0 bridgehead atoms. The Labute approximate surface area is 162 Å². The topological polar surface area (TPSA) is 69.7 Å². The fraction of sp³-hybridized carbons (Fsp3) is 0.550. The normalized spacial score (nSPS) is 35.6. The van der Waals surface area contributed by atoms with Gasteiger partial charge in [0.2, 0.25) is 11.8 Å². The van der Waals surface area contributed by atoms with E-state index in [2.05, 4.69) is 10.2 Å². The van der Waals surface area contributed by atoms with Gasteiger partial charge in [0.25, 0.3) is 5.91 Å². The van der Waals surface area contributed by atoms with Crippen LogP contribution in [-0.4, -0.2) is 46.1 Å². The minimum Gasteiger partial charge on any atom is -0.323 e. The first-order valence-electron chi connectivity index (χ1n) is 9.68. The van der Waals surface area contributed by atoms with E-state index in [4.69, 9.17) is 11.6 Å². The van der Waals surface area contributed by atoms with E-state index < -0.39 is 17.4 Å². The highest BCUT2D eigenvalue weighted by atomic mass is 35.5.